The number of ether oxygens (including phenoxy) is 1. The fourth-order valence-electron chi connectivity index (χ4n) is 1.42. The van der Waals surface area contributed by atoms with E-state index in [2.05, 4.69) is 24.1 Å². The molecule has 4 nitrogen and oxygen atoms in total. The number of nitrogens with zero attached hydrogens (tertiary/aromatic N) is 2. The molecule has 0 aliphatic heterocycles. The van der Waals surface area contributed by atoms with E-state index >= 15 is 0 Å². The summed E-state index contributed by atoms with van der Waals surface area (Å²) >= 11 is 1.73. The topological polar surface area (TPSA) is 37.4 Å². The molecule has 0 radical (unpaired) electrons. The number of anilines is 1. The van der Waals surface area contributed by atoms with Crippen molar-refractivity contribution in [3.63, 3.8) is 0 Å². The van der Waals surface area contributed by atoms with E-state index in [9.17, 15) is 0 Å². The molecular formula is C12H23N3OS. The Labute approximate surface area is 108 Å². The molecule has 0 unspecified atom stereocenters. The van der Waals surface area contributed by atoms with Crippen molar-refractivity contribution in [2.45, 2.75) is 27.0 Å². The van der Waals surface area contributed by atoms with Crippen LogP contribution in [-0.2, 0) is 17.9 Å². The first kappa shape index (κ1) is 14.4. The number of hydrogen-bond acceptors (Lipinski definition) is 5. The summed E-state index contributed by atoms with van der Waals surface area (Å²) in [6.07, 6.45) is 0. The number of rotatable bonds is 7. The summed E-state index contributed by atoms with van der Waals surface area (Å²) in [5, 5.41) is 4.49. The molecular weight excluding hydrogens is 234 g/mol. The van der Waals surface area contributed by atoms with E-state index in [0.29, 0.717) is 12.5 Å². The van der Waals surface area contributed by atoms with Gasteiger partial charge in [-0.25, -0.2) is 4.98 Å². The fraction of sp³-hybridized carbons (Fsp3) is 0.750. The molecule has 0 saturated heterocycles. The maximum Gasteiger partial charge on any atom is 0.185 e. The second kappa shape index (κ2) is 6.93. The largest absolute Gasteiger partial charge is 0.378 e. The van der Waals surface area contributed by atoms with E-state index in [4.69, 9.17) is 4.74 Å². The molecule has 0 spiro atoms. The molecule has 0 aliphatic rings. The minimum Gasteiger partial charge on any atom is -0.378 e. The summed E-state index contributed by atoms with van der Waals surface area (Å²) in [5.41, 5.74) is 1.05. The van der Waals surface area contributed by atoms with Crippen molar-refractivity contribution in [2.24, 2.45) is 5.92 Å². The van der Waals surface area contributed by atoms with Crippen molar-refractivity contribution in [2.75, 3.05) is 32.6 Å². The summed E-state index contributed by atoms with van der Waals surface area (Å²) in [4.78, 5) is 7.89. The Morgan fingerprint density at radius 2 is 2.12 bits per heavy atom. The lowest BCUT2D eigenvalue weighted by Gasteiger charge is -2.07. The Bertz CT molecular complexity index is 336. The molecule has 17 heavy (non-hydrogen) atoms. The van der Waals surface area contributed by atoms with Gasteiger partial charge in [-0.05, 0) is 12.5 Å². The first-order valence-electron chi connectivity index (χ1n) is 5.90. The van der Waals surface area contributed by atoms with Gasteiger partial charge in [0, 0.05) is 32.6 Å². The Morgan fingerprint density at radius 3 is 2.65 bits per heavy atom. The molecule has 0 saturated carbocycles. The van der Waals surface area contributed by atoms with Gasteiger partial charge in [0.2, 0.25) is 0 Å². The number of hydrogen-bond donors (Lipinski definition) is 1. The van der Waals surface area contributed by atoms with Crippen LogP contribution in [0.25, 0.3) is 0 Å². The number of methoxy groups -OCH3 is 1. The Hall–Kier alpha value is -0.650. The van der Waals surface area contributed by atoms with Crippen LogP contribution in [0.2, 0.25) is 0 Å². The molecule has 1 rings (SSSR count). The molecule has 98 valence electrons. The molecule has 1 heterocycles. The van der Waals surface area contributed by atoms with Gasteiger partial charge >= 0.3 is 0 Å². The van der Waals surface area contributed by atoms with Crippen LogP contribution in [0.3, 0.4) is 0 Å². The van der Waals surface area contributed by atoms with Crippen LogP contribution in [-0.4, -0.2) is 32.7 Å². The van der Waals surface area contributed by atoms with Crippen LogP contribution >= 0.6 is 11.3 Å². The fourth-order valence-corrected chi connectivity index (χ4v) is 2.38. The molecule has 0 atom stereocenters. The van der Waals surface area contributed by atoms with E-state index in [1.165, 1.54) is 4.88 Å². The maximum atomic E-state index is 5.19. The van der Waals surface area contributed by atoms with E-state index in [-0.39, 0.29) is 0 Å². The van der Waals surface area contributed by atoms with E-state index in [0.717, 1.165) is 23.9 Å². The molecule has 0 amide bonds. The molecule has 0 aromatic carbocycles. The van der Waals surface area contributed by atoms with Gasteiger partial charge in [0.15, 0.2) is 5.13 Å². The third-order valence-electron chi connectivity index (χ3n) is 2.27. The van der Waals surface area contributed by atoms with E-state index in [1.54, 1.807) is 18.4 Å². The third kappa shape index (κ3) is 4.61. The van der Waals surface area contributed by atoms with E-state index in [1.807, 2.05) is 19.0 Å². The van der Waals surface area contributed by atoms with Gasteiger partial charge < -0.3 is 15.0 Å². The van der Waals surface area contributed by atoms with E-state index < -0.39 is 0 Å². The second-order valence-corrected chi connectivity index (χ2v) is 5.78. The highest BCUT2D eigenvalue weighted by molar-refractivity contribution is 7.15. The monoisotopic (exact) mass is 257 g/mol. The first-order chi connectivity index (χ1) is 8.04. The lowest BCUT2D eigenvalue weighted by molar-refractivity contribution is 0.181. The lowest BCUT2D eigenvalue weighted by atomic mass is 10.2. The smallest absolute Gasteiger partial charge is 0.185 e. The summed E-state index contributed by atoms with van der Waals surface area (Å²) < 4.78 is 5.19. The molecule has 5 heteroatoms. The van der Waals surface area contributed by atoms with Gasteiger partial charge in [0.25, 0.3) is 0 Å². The van der Waals surface area contributed by atoms with Crippen LogP contribution in [0.15, 0.2) is 0 Å². The highest BCUT2D eigenvalue weighted by Crippen LogP contribution is 2.25. The van der Waals surface area contributed by atoms with Gasteiger partial charge in [0.1, 0.15) is 0 Å². The normalized spacial score (nSPS) is 11.2. The summed E-state index contributed by atoms with van der Waals surface area (Å²) in [6.45, 7) is 6.91. The SMILES string of the molecule is COCc1nc(N(C)C)sc1CNCC(C)C. The van der Waals surface area contributed by atoms with Crippen LogP contribution in [0.1, 0.15) is 24.4 Å². The quantitative estimate of drug-likeness (QED) is 0.812. The molecule has 1 aromatic heterocycles. The highest BCUT2D eigenvalue weighted by Gasteiger charge is 2.12. The zero-order valence-corrected chi connectivity index (χ0v) is 12.2. The summed E-state index contributed by atoms with van der Waals surface area (Å²) in [6, 6.07) is 0. The van der Waals surface area contributed by atoms with Crippen molar-refractivity contribution in [3.05, 3.63) is 10.6 Å². The molecule has 0 fully saturated rings. The lowest BCUT2D eigenvalue weighted by Crippen LogP contribution is -2.19. The third-order valence-corrected chi connectivity index (χ3v) is 3.53. The Balaban J connectivity index is 2.67. The minimum absolute atomic E-state index is 0.586. The predicted molar refractivity (Wildman–Crippen MR) is 73.7 cm³/mol. The first-order valence-corrected chi connectivity index (χ1v) is 6.71. The number of thiazole rings is 1. The Morgan fingerprint density at radius 1 is 1.41 bits per heavy atom. The zero-order valence-electron chi connectivity index (χ0n) is 11.4. The van der Waals surface area contributed by atoms with Gasteiger partial charge in [0.05, 0.1) is 12.3 Å². The van der Waals surface area contributed by atoms with Crippen LogP contribution in [0, 0.1) is 5.92 Å². The van der Waals surface area contributed by atoms with Crippen molar-refractivity contribution >= 4 is 16.5 Å². The second-order valence-electron chi connectivity index (χ2n) is 4.72. The summed E-state index contributed by atoms with van der Waals surface area (Å²) in [7, 11) is 5.74. The van der Waals surface area contributed by atoms with Crippen LogP contribution < -0.4 is 10.2 Å². The highest BCUT2D eigenvalue weighted by atomic mass is 32.1. The molecule has 0 bridgehead atoms. The molecule has 0 aliphatic carbocycles. The van der Waals surface area contributed by atoms with Gasteiger partial charge in [-0.1, -0.05) is 13.8 Å². The zero-order chi connectivity index (χ0) is 12.8. The van der Waals surface area contributed by atoms with Crippen molar-refractivity contribution in [1.82, 2.24) is 10.3 Å². The predicted octanol–water partition coefficient (Wildman–Crippen LogP) is 2.10. The number of aromatic nitrogens is 1. The minimum atomic E-state index is 0.586. The van der Waals surface area contributed by atoms with Crippen LogP contribution in [0.4, 0.5) is 5.13 Å². The maximum absolute atomic E-state index is 5.19. The van der Waals surface area contributed by atoms with Crippen molar-refractivity contribution < 1.29 is 4.74 Å². The summed E-state index contributed by atoms with van der Waals surface area (Å²) in [5.74, 6) is 0.669. The Kier molecular flexibility index (Phi) is 5.88. The number of nitrogens with one attached hydrogen (secondary N) is 1. The van der Waals surface area contributed by atoms with Crippen molar-refractivity contribution in [3.8, 4) is 0 Å². The van der Waals surface area contributed by atoms with Crippen molar-refractivity contribution in [1.29, 1.82) is 0 Å². The standard InChI is InChI=1S/C12H23N3OS/c1-9(2)6-13-7-11-10(8-16-5)14-12(17-11)15(3)4/h9,13H,6-8H2,1-5H3. The van der Waals surface area contributed by atoms with Gasteiger partial charge in [-0.2, -0.15) is 0 Å². The van der Waals surface area contributed by atoms with Gasteiger partial charge in [-0.3, -0.25) is 0 Å². The average molecular weight is 257 g/mol. The molecule has 1 aromatic rings. The molecule has 1 N–H and O–H groups in total. The van der Waals surface area contributed by atoms with Crippen LogP contribution in [0.5, 0.6) is 0 Å². The van der Waals surface area contributed by atoms with Gasteiger partial charge in [-0.15, -0.1) is 11.3 Å². The average Bonchev–Trinajstić information content (AvgIpc) is 2.62.